The lowest BCUT2D eigenvalue weighted by Gasteiger charge is -2.31. The molecule has 0 radical (unpaired) electrons. The van der Waals surface area contributed by atoms with Gasteiger partial charge in [0.2, 0.25) is 5.91 Å². The fourth-order valence-corrected chi connectivity index (χ4v) is 3.44. The third kappa shape index (κ3) is 3.52. The summed E-state index contributed by atoms with van der Waals surface area (Å²) in [4.78, 5) is 14.6. The van der Waals surface area contributed by atoms with E-state index in [1.54, 1.807) is 0 Å². The van der Waals surface area contributed by atoms with E-state index in [0.717, 1.165) is 39.0 Å². The van der Waals surface area contributed by atoms with Gasteiger partial charge in [-0.2, -0.15) is 0 Å². The highest BCUT2D eigenvalue weighted by Crippen LogP contribution is 2.25. The van der Waals surface area contributed by atoms with Crippen LogP contribution in [0, 0.1) is 0 Å². The Balaban J connectivity index is 1.64. The molecule has 0 spiro atoms. The maximum Gasteiger partial charge on any atom is 0.225 e. The molecule has 22 heavy (non-hydrogen) atoms. The molecular formula is C19H27NO2. The van der Waals surface area contributed by atoms with Crippen LogP contribution in [-0.2, 0) is 22.5 Å². The third-order valence-electron chi connectivity index (χ3n) is 4.94. The minimum atomic E-state index is 0.143. The van der Waals surface area contributed by atoms with Gasteiger partial charge in [-0.15, -0.1) is 0 Å². The van der Waals surface area contributed by atoms with E-state index in [4.69, 9.17) is 4.74 Å². The first-order valence-corrected chi connectivity index (χ1v) is 8.64. The Bertz CT molecular complexity index is 532. The maximum atomic E-state index is 12.5. The van der Waals surface area contributed by atoms with Gasteiger partial charge in [0.1, 0.15) is 0 Å². The zero-order valence-corrected chi connectivity index (χ0v) is 13.8. The van der Waals surface area contributed by atoms with Gasteiger partial charge in [-0.25, -0.2) is 0 Å². The van der Waals surface area contributed by atoms with E-state index >= 15 is 0 Å². The maximum absolute atomic E-state index is 12.5. The first kappa shape index (κ1) is 15.5. The second kappa shape index (κ2) is 6.82. The van der Waals surface area contributed by atoms with Gasteiger partial charge in [0.05, 0.1) is 12.5 Å². The van der Waals surface area contributed by atoms with Crippen molar-refractivity contribution < 1.29 is 9.53 Å². The Kier molecular flexibility index (Phi) is 4.82. The molecule has 1 atom stereocenters. The summed E-state index contributed by atoms with van der Waals surface area (Å²) in [6, 6.07) is 6.77. The summed E-state index contributed by atoms with van der Waals surface area (Å²) in [5.41, 5.74) is 4.10. The normalized spacial score (nSPS) is 21.8. The molecule has 2 heterocycles. The van der Waals surface area contributed by atoms with Crippen LogP contribution >= 0.6 is 0 Å². The van der Waals surface area contributed by atoms with Crippen molar-refractivity contribution in [2.75, 3.05) is 13.2 Å². The lowest BCUT2D eigenvalue weighted by atomic mass is 9.93. The van der Waals surface area contributed by atoms with E-state index in [-0.39, 0.29) is 12.0 Å². The number of nitrogens with zero attached hydrogens (tertiary/aromatic N) is 1. The van der Waals surface area contributed by atoms with Crippen LogP contribution in [0.1, 0.15) is 62.1 Å². The van der Waals surface area contributed by atoms with Crippen molar-refractivity contribution in [2.24, 2.45) is 0 Å². The molecule has 120 valence electrons. The van der Waals surface area contributed by atoms with Crippen LogP contribution in [-0.4, -0.2) is 30.1 Å². The first-order valence-electron chi connectivity index (χ1n) is 8.64. The van der Waals surface area contributed by atoms with Gasteiger partial charge in [-0.1, -0.05) is 32.0 Å². The molecule has 0 saturated carbocycles. The highest BCUT2D eigenvalue weighted by molar-refractivity contribution is 5.77. The fourth-order valence-electron chi connectivity index (χ4n) is 3.44. The predicted molar refractivity (Wildman–Crippen MR) is 87.9 cm³/mol. The quantitative estimate of drug-likeness (QED) is 0.853. The summed E-state index contributed by atoms with van der Waals surface area (Å²) in [5, 5.41) is 0. The summed E-state index contributed by atoms with van der Waals surface area (Å²) in [6.07, 6.45) is 5.04. The summed E-state index contributed by atoms with van der Waals surface area (Å²) in [6.45, 7) is 6.86. The van der Waals surface area contributed by atoms with Crippen molar-refractivity contribution in [1.29, 1.82) is 0 Å². The summed E-state index contributed by atoms with van der Waals surface area (Å²) in [5.74, 6) is 0.791. The van der Waals surface area contributed by atoms with Crippen molar-refractivity contribution >= 4 is 5.91 Å². The van der Waals surface area contributed by atoms with E-state index < -0.39 is 0 Å². The molecule has 1 aromatic carbocycles. The average molecular weight is 301 g/mol. The van der Waals surface area contributed by atoms with Crippen molar-refractivity contribution in [3.8, 4) is 0 Å². The van der Waals surface area contributed by atoms with Gasteiger partial charge in [0, 0.05) is 19.7 Å². The molecule has 1 fully saturated rings. The van der Waals surface area contributed by atoms with Crippen LogP contribution in [0.3, 0.4) is 0 Å². The third-order valence-corrected chi connectivity index (χ3v) is 4.94. The van der Waals surface area contributed by atoms with E-state index in [2.05, 4.69) is 32.0 Å². The number of hydrogen-bond donors (Lipinski definition) is 0. The average Bonchev–Trinajstić information content (AvgIpc) is 2.54. The van der Waals surface area contributed by atoms with Gasteiger partial charge in [0.15, 0.2) is 0 Å². The first-order chi connectivity index (χ1) is 10.6. The molecule has 3 heteroatoms. The number of fused-ring (bicyclic) bond motifs is 1. The second-order valence-corrected chi connectivity index (χ2v) is 6.94. The molecule has 0 aromatic heterocycles. The van der Waals surface area contributed by atoms with Gasteiger partial charge >= 0.3 is 0 Å². The number of ether oxygens (including phenoxy) is 1. The Morgan fingerprint density at radius 3 is 2.91 bits per heavy atom. The van der Waals surface area contributed by atoms with E-state index in [1.807, 2.05) is 4.90 Å². The molecule has 1 saturated heterocycles. The van der Waals surface area contributed by atoms with Crippen LogP contribution in [0.15, 0.2) is 18.2 Å². The molecule has 1 aromatic rings. The zero-order valence-electron chi connectivity index (χ0n) is 13.8. The van der Waals surface area contributed by atoms with Gasteiger partial charge in [-0.3, -0.25) is 4.79 Å². The monoisotopic (exact) mass is 301 g/mol. The standard InChI is InChI=1S/C19H27NO2/c1-14(2)16-7-6-15-8-9-20(13-17(15)11-16)19(21)12-18-5-3-4-10-22-18/h6-7,11,14,18H,3-5,8-10,12-13H2,1-2H3. The summed E-state index contributed by atoms with van der Waals surface area (Å²) >= 11 is 0. The zero-order chi connectivity index (χ0) is 15.5. The Labute approximate surface area is 133 Å². The van der Waals surface area contributed by atoms with Gasteiger partial charge < -0.3 is 9.64 Å². The van der Waals surface area contributed by atoms with Crippen LogP contribution in [0.2, 0.25) is 0 Å². The number of benzene rings is 1. The van der Waals surface area contributed by atoms with Crippen molar-refractivity contribution in [2.45, 2.75) is 64.5 Å². The molecule has 0 aliphatic carbocycles. The SMILES string of the molecule is CC(C)c1ccc2c(c1)CN(C(=O)CC1CCCCO1)CC2. The highest BCUT2D eigenvalue weighted by atomic mass is 16.5. The molecule has 1 amide bonds. The fraction of sp³-hybridized carbons (Fsp3) is 0.632. The number of hydrogen-bond acceptors (Lipinski definition) is 2. The number of rotatable bonds is 3. The predicted octanol–water partition coefficient (Wildman–Crippen LogP) is 3.65. The second-order valence-electron chi connectivity index (χ2n) is 6.94. The molecule has 2 aliphatic heterocycles. The molecule has 2 aliphatic rings. The molecular weight excluding hydrogens is 274 g/mol. The Hall–Kier alpha value is -1.35. The Morgan fingerprint density at radius 2 is 2.18 bits per heavy atom. The molecule has 3 nitrogen and oxygen atoms in total. The largest absolute Gasteiger partial charge is 0.378 e. The van der Waals surface area contributed by atoms with Crippen LogP contribution in [0.4, 0.5) is 0 Å². The smallest absolute Gasteiger partial charge is 0.225 e. The van der Waals surface area contributed by atoms with Crippen molar-refractivity contribution in [1.82, 2.24) is 4.90 Å². The molecule has 0 bridgehead atoms. The topological polar surface area (TPSA) is 29.5 Å². The summed E-state index contributed by atoms with van der Waals surface area (Å²) < 4.78 is 5.71. The molecule has 1 unspecified atom stereocenters. The molecule has 0 N–H and O–H groups in total. The van der Waals surface area contributed by atoms with Gasteiger partial charge in [-0.05, 0) is 48.3 Å². The van der Waals surface area contributed by atoms with Crippen LogP contribution in [0.5, 0.6) is 0 Å². The van der Waals surface area contributed by atoms with E-state index in [0.29, 0.717) is 12.3 Å². The minimum absolute atomic E-state index is 0.143. The summed E-state index contributed by atoms with van der Waals surface area (Å²) in [7, 11) is 0. The Morgan fingerprint density at radius 1 is 1.32 bits per heavy atom. The lowest BCUT2D eigenvalue weighted by Crippen LogP contribution is -2.38. The minimum Gasteiger partial charge on any atom is -0.378 e. The van der Waals surface area contributed by atoms with E-state index in [1.165, 1.54) is 23.1 Å². The van der Waals surface area contributed by atoms with Crippen molar-refractivity contribution in [3.05, 3.63) is 34.9 Å². The number of amides is 1. The van der Waals surface area contributed by atoms with E-state index in [9.17, 15) is 4.79 Å². The van der Waals surface area contributed by atoms with Gasteiger partial charge in [0.25, 0.3) is 0 Å². The highest BCUT2D eigenvalue weighted by Gasteiger charge is 2.25. The number of carbonyl (C=O) groups excluding carboxylic acids is 1. The molecule has 3 rings (SSSR count). The van der Waals surface area contributed by atoms with Crippen LogP contribution in [0.25, 0.3) is 0 Å². The van der Waals surface area contributed by atoms with Crippen molar-refractivity contribution in [3.63, 3.8) is 0 Å². The lowest BCUT2D eigenvalue weighted by molar-refractivity contribution is -0.136. The van der Waals surface area contributed by atoms with Crippen LogP contribution < -0.4 is 0 Å². The number of carbonyl (C=O) groups is 1.